The standard InChI is InChI=1S/C16H18ClN3O2/c1-18-13-5-7-20(8-6-13)16(21)15-10-14(19-22-15)11-3-2-4-12(17)9-11/h2-4,9-10,13,18H,5-8H2,1H3. The Bertz CT molecular complexity index is 663. The molecule has 0 unspecified atom stereocenters. The lowest BCUT2D eigenvalue weighted by Crippen LogP contribution is -2.43. The van der Waals surface area contributed by atoms with Crippen LogP contribution in [0, 0.1) is 0 Å². The molecule has 0 bridgehead atoms. The number of carbonyl (C=O) groups excluding carboxylic acids is 1. The van der Waals surface area contributed by atoms with Crippen molar-refractivity contribution in [3.05, 3.63) is 41.1 Å². The Morgan fingerprint density at radius 2 is 2.14 bits per heavy atom. The number of carbonyl (C=O) groups is 1. The van der Waals surface area contributed by atoms with Crippen molar-refractivity contribution >= 4 is 17.5 Å². The van der Waals surface area contributed by atoms with Gasteiger partial charge in [-0.15, -0.1) is 0 Å². The van der Waals surface area contributed by atoms with E-state index in [1.807, 2.05) is 24.1 Å². The third-order valence-electron chi connectivity index (χ3n) is 4.03. The van der Waals surface area contributed by atoms with Crippen LogP contribution in [0.5, 0.6) is 0 Å². The van der Waals surface area contributed by atoms with Gasteiger partial charge in [-0.3, -0.25) is 4.79 Å². The van der Waals surface area contributed by atoms with Crippen LogP contribution in [0.1, 0.15) is 23.4 Å². The third kappa shape index (κ3) is 3.15. The summed E-state index contributed by atoms with van der Waals surface area (Å²) in [6, 6.07) is 9.49. The predicted octanol–water partition coefficient (Wildman–Crippen LogP) is 2.82. The molecule has 1 aromatic carbocycles. The van der Waals surface area contributed by atoms with E-state index >= 15 is 0 Å². The van der Waals surface area contributed by atoms with Gasteiger partial charge in [-0.05, 0) is 32.0 Å². The van der Waals surface area contributed by atoms with Gasteiger partial charge in [0, 0.05) is 35.8 Å². The summed E-state index contributed by atoms with van der Waals surface area (Å²) in [5.74, 6) is 0.174. The summed E-state index contributed by atoms with van der Waals surface area (Å²) < 4.78 is 5.23. The molecule has 0 aliphatic carbocycles. The lowest BCUT2D eigenvalue weighted by Gasteiger charge is -2.31. The van der Waals surface area contributed by atoms with Gasteiger partial charge in [0.25, 0.3) is 5.91 Å². The Kier molecular flexibility index (Phi) is 4.45. The fourth-order valence-electron chi connectivity index (χ4n) is 2.69. The van der Waals surface area contributed by atoms with Crippen molar-refractivity contribution in [3.63, 3.8) is 0 Å². The van der Waals surface area contributed by atoms with E-state index < -0.39 is 0 Å². The Morgan fingerprint density at radius 3 is 2.82 bits per heavy atom. The molecule has 1 fully saturated rings. The van der Waals surface area contributed by atoms with Gasteiger partial charge in [-0.2, -0.15) is 0 Å². The second-order valence-electron chi connectivity index (χ2n) is 5.44. The molecule has 1 N–H and O–H groups in total. The van der Waals surface area contributed by atoms with E-state index in [1.54, 1.807) is 18.2 Å². The number of nitrogens with one attached hydrogen (secondary N) is 1. The molecule has 1 saturated heterocycles. The van der Waals surface area contributed by atoms with E-state index in [-0.39, 0.29) is 11.7 Å². The maximum absolute atomic E-state index is 12.5. The predicted molar refractivity (Wildman–Crippen MR) is 84.9 cm³/mol. The number of amides is 1. The molecule has 22 heavy (non-hydrogen) atoms. The van der Waals surface area contributed by atoms with E-state index in [0.29, 0.717) is 16.8 Å². The number of piperidine rings is 1. The first-order chi connectivity index (χ1) is 10.7. The van der Waals surface area contributed by atoms with Gasteiger partial charge in [0.05, 0.1) is 0 Å². The van der Waals surface area contributed by atoms with E-state index in [4.69, 9.17) is 16.1 Å². The van der Waals surface area contributed by atoms with Crippen molar-refractivity contribution in [3.8, 4) is 11.3 Å². The molecule has 2 heterocycles. The van der Waals surface area contributed by atoms with E-state index in [1.165, 1.54) is 0 Å². The van der Waals surface area contributed by atoms with E-state index in [0.717, 1.165) is 31.5 Å². The van der Waals surface area contributed by atoms with Crippen molar-refractivity contribution in [2.75, 3.05) is 20.1 Å². The highest BCUT2D eigenvalue weighted by molar-refractivity contribution is 6.30. The number of halogens is 1. The van der Waals surface area contributed by atoms with Crippen LogP contribution in [0.25, 0.3) is 11.3 Å². The van der Waals surface area contributed by atoms with Crippen molar-refractivity contribution in [1.82, 2.24) is 15.4 Å². The first-order valence-corrected chi connectivity index (χ1v) is 7.74. The van der Waals surface area contributed by atoms with E-state index in [9.17, 15) is 4.79 Å². The molecule has 116 valence electrons. The molecule has 1 aromatic heterocycles. The Hall–Kier alpha value is -1.85. The zero-order valence-electron chi connectivity index (χ0n) is 12.4. The average Bonchev–Trinajstić information content (AvgIpc) is 3.04. The van der Waals surface area contributed by atoms with Crippen LogP contribution >= 0.6 is 11.6 Å². The molecule has 3 rings (SSSR count). The SMILES string of the molecule is CNC1CCN(C(=O)c2cc(-c3cccc(Cl)c3)no2)CC1. The minimum Gasteiger partial charge on any atom is -0.350 e. The van der Waals surface area contributed by atoms with Crippen molar-refractivity contribution in [2.24, 2.45) is 0 Å². The minimum atomic E-state index is -0.102. The maximum atomic E-state index is 12.5. The van der Waals surface area contributed by atoms with Crippen molar-refractivity contribution in [2.45, 2.75) is 18.9 Å². The van der Waals surface area contributed by atoms with Crippen LogP contribution in [0.2, 0.25) is 5.02 Å². The highest BCUT2D eigenvalue weighted by Gasteiger charge is 2.25. The van der Waals surface area contributed by atoms with Gasteiger partial charge < -0.3 is 14.7 Å². The molecule has 1 aliphatic heterocycles. The zero-order chi connectivity index (χ0) is 15.5. The summed E-state index contributed by atoms with van der Waals surface area (Å²) in [6.07, 6.45) is 1.91. The second kappa shape index (κ2) is 6.50. The molecule has 1 aliphatic rings. The van der Waals surface area contributed by atoms with Crippen LogP contribution in [0.3, 0.4) is 0 Å². The molecular weight excluding hydrogens is 302 g/mol. The van der Waals surface area contributed by atoms with Crippen molar-refractivity contribution in [1.29, 1.82) is 0 Å². The van der Waals surface area contributed by atoms with Crippen LogP contribution in [-0.4, -0.2) is 42.1 Å². The monoisotopic (exact) mass is 319 g/mol. The summed E-state index contributed by atoms with van der Waals surface area (Å²) >= 11 is 5.97. The minimum absolute atomic E-state index is 0.102. The maximum Gasteiger partial charge on any atom is 0.292 e. The fraction of sp³-hybridized carbons (Fsp3) is 0.375. The second-order valence-corrected chi connectivity index (χ2v) is 5.88. The van der Waals surface area contributed by atoms with Gasteiger partial charge in [-0.1, -0.05) is 28.9 Å². The Balaban J connectivity index is 1.72. The lowest BCUT2D eigenvalue weighted by atomic mass is 10.1. The van der Waals surface area contributed by atoms with Crippen LogP contribution in [0.15, 0.2) is 34.9 Å². The lowest BCUT2D eigenvalue weighted by molar-refractivity contribution is 0.0665. The largest absolute Gasteiger partial charge is 0.350 e. The zero-order valence-corrected chi connectivity index (χ0v) is 13.1. The number of hydrogen-bond donors (Lipinski definition) is 1. The first-order valence-electron chi connectivity index (χ1n) is 7.36. The summed E-state index contributed by atoms with van der Waals surface area (Å²) in [4.78, 5) is 14.3. The van der Waals surface area contributed by atoms with Crippen molar-refractivity contribution < 1.29 is 9.32 Å². The summed E-state index contributed by atoms with van der Waals surface area (Å²) in [5, 5.41) is 7.86. The molecule has 5 nitrogen and oxygen atoms in total. The molecule has 0 saturated carbocycles. The highest BCUT2D eigenvalue weighted by Crippen LogP contribution is 2.23. The number of benzene rings is 1. The van der Waals surface area contributed by atoms with Crippen LogP contribution in [0.4, 0.5) is 0 Å². The Morgan fingerprint density at radius 1 is 1.36 bits per heavy atom. The Labute approximate surface area is 134 Å². The quantitative estimate of drug-likeness (QED) is 0.945. The van der Waals surface area contributed by atoms with Gasteiger partial charge in [0.1, 0.15) is 5.69 Å². The molecule has 2 aromatic rings. The molecule has 0 atom stereocenters. The molecule has 1 amide bonds. The average molecular weight is 320 g/mol. The van der Waals surface area contributed by atoms with Crippen LogP contribution < -0.4 is 5.32 Å². The van der Waals surface area contributed by atoms with Gasteiger partial charge in [0.15, 0.2) is 0 Å². The van der Waals surface area contributed by atoms with E-state index in [2.05, 4.69) is 10.5 Å². The van der Waals surface area contributed by atoms with Gasteiger partial charge in [-0.25, -0.2) is 0 Å². The summed E-state index contributed by atoms with van der Waals surface area (Å²) in [7, 11) is 1.95. The normalized spacial score (nSPS) is 16.0. The molecular formula is C16H18ClN3O2. The molecule has 0 radical (unpaired) electrons. The van der Waals surface area contributed by atoms with Crippen LogP contribution in [-0.2, 0) is 0 Å². The van der Waals surface area contributed by atoms with Gasteiger partial charge in [0.2, 0.25) is 5.76 Å². The topological polar surface area (TPSA) is 58.4 Å². The smallest absolute Gasteiger partial charge is 0.292 e. The molecule has 0 spiro atoms. The number of likely N-dealkylation sites (tertiary alicyclic amines) is 1. The first kappa shape index (κ1) is 15.1. The molecule has 6 heteroatoms. The summed E-state index contributed by atoms with van der Waals surface area (Å²) in [5.41, 5.74) is 1.46. The number of rotatable bonds is 3. The number of hydrogen-bond acceptors (Lipinski definition) is 4. The fourth-order valence-corrected chi connectivity index (χ4v) is 2.88. The highest BCUT2D eigenvalue weighted by atomic mass is 35.5. The van der Waals surface area contributed by atoms with Gasteiger partial charge >= 0.3 is 0 Å². The number of aromatic nitrogens is 1. The third-order valence-corrected chi connectivity index (χ3v) is 4.27. The summed E-state index contributed by atoms with van der Waals surface area (Å²) in [6.45, 7) is 1.47. The number of nitrogens with zero attached hydrogens (tertiary/aromatic N) is 2.